The Morgan fingerprint density at radius 3 is 2.23 bits per heavy atom. The molecule has 1 aliphatic heterocycles. The van der Waals surface area contributed by atoms with Crippen molar-refractivity contribution in [3.63, 3.8) is 0 Å². The lowest BCUT2D eigenvalue weighted by atomic mass is 10.2. The Bertz CT molecular complexity index is 2200. The van der Waals surface area contributed by atoms with Crippen LogP contribution >= 0.6 is 22.7 Å². The van der Waals surface area contributed by atoms with Crippen LogP contribution in [0.4, 0.5) is 10.9 Å². The minimum Gasteiger partial charge on any atom is -0.317 e. The monoisotopic (exact) mass is 693 g/mol. The van der Waals surface area contributed by atoms with E-state index in [4.69, 9.17) is 0 Å². The van der Waals surface area contributed by atoms with Crippen LogP contribution in [0, 0.1) is 0 Å². The van der Waals surface area contributed by atoms with Crippen LogP contribution in [-0.2, 0) is 56.0 Å². The fourth-order valence-electron chi connectivity index (χ4n) is 5.24. The van der Waals surface area contributed by atoms with E-state index in [2.05, 4.69) is 42.3 Å². The Labute approximate surface area is 280 Å². The number of rotatable bonds is 12. The maximum absolute atomic E-state index is 12.8. The van der Waals surface area contributed by atoms with E-state index in [1.165, 1.54) is 63.5 Å². The van der Waals surface area contributed by atoms with Gasteiger partial charge in [0.05, 0.1) is 25.6 Å². The van der Waals surface area contributed by atoms with Gasteiger partial charge in [-0.2, -0.15) is 0 Å². The lowest BCUT2D eigenvalue weighted by molar-refractivity contribution is -0.119. The highest BCUT2D eigenvalue weighted by Crippen LogP contribution is 2.29. The molecule has 1 N–H and O–H groups in total. The highest BCUT2D eigenvalue weighted by atomic mass is 32.1. The van der Waals surface area contributed by atoms with Crippen LogP contribution in [0.3, 0.4) is 0 Å². The van der Waals surface area contributed by atoms with Crippen molar-refractivity contribution >= 4 is 62.4 Å². The number of ketones is 1. The third kappa shape index (κ3) is 6.18. The molecule has 0 aromatic carbocycles. The summed E-state index contributed by atoms with van der Waals surface area (Å²) in [4.78, 5) is 74.6. The van der Waals surface area contributed by atoms with Crippen LogP contribution in [0.5, 0.6) is 0 Å². The number of nitrogens with zero attached hydrogens (tertiary/aromatic N) is 12. The van der Waals surface area contributed by atoms with Crippen molar-refractivity contribution in [2.75, 3.05) is 24.3 Å². The first kappa shape index (κ1) is 32.6. The summed E-state index contributed by atoms with van der Waals surface area (Å²) in [6.07, 6.45) is 5.89. The number of nitrogens with one attached hydrogen (secondary N) is 1. The number of fused-ring (bicyclic) bond motifs is 2. The van der Waals surface area contributed by atoms with Gasteiger partial charge in [-0.3, -0.25) is 38.5 Å². The van der Waals surface area contributed by atoms with Crippen LogP contribution < -0.4 is 21.5 Å². The molecular weight excluding hydrogens is 663 g/mol. The van der Waals surface area contributed by atoms with E-state index in [-0.39, 0.29) is 42.4 Å². The second-order valence-electron chi connectivity index (χ2n) is 11.2. The molecule has 18 nitrogen and oxygen atoms in total. The SMILES string of the molecule is C=C1N(C)C(=O)c2c(ncn2CC(=O)Cc2nnc(CCCCc3nnc(NC(=O)Cn4cnc5c4c(=O)n(C)c(=O)n5C)s3)s2)N1C. The van der Waals surface area contributed by atoms with Crippen molar-refractivity contribution in [3.8, 4) is 0 Å². The molecule has 0 unspecified atom stereocenters. The molecule has 20 heteroatoms. The van der Waals surface area contributed by atoms with Crippen molar-refractivity contribution < 1.29 is 14.4 Å². The van der Waals surface area contributed by atoms with E-state index >= 15 is 0 Å². The molecule has 0 saturated carbocycles. The second kappa shape index (κ2) is 13.0. The number of hydrogen-bond donors (Lipinski definition) is 1. The standard InChI is InChI=1S/C28H31N13O5S2/c1-15-36(2)23-21(25(44)37(15)3)40(13-29-23)11-16(42)10-20-34-32-18(47-20)8-6-7-9-19-33-35-27(48-19)31-17(43)12-41-14-30-24-22(41)26(45)39(5)28(46)38(24)4/h13-14H,1,6-12H2,2-5H3,(H,31,35,43). The molecule has 0 radical (unpaired) electrons. The smallest absolute Gasteiger partial charge is 0.317 e. The lowest BCUT2D eigenvalue weighted by Gasteiger charge is -2.32. The zero-order valence-electron chi connectivity index (χ0n) is 26.5. The van der Waals surface area contributed by atoms with Gasteiger partial charge < -0.3 is 14.0 Å². The van der Waals surface area contributed by atoms with Crippen molar-refractivity contribution in [2.45, 2.75) is 45.2 Å². The lowest BCUT2D eigenvalue weighted by Crippen LogP contribution is -2.41. The number of unbranched alkanes of at least 4 members (excludes halogenated alkanes) is 1. The molecular formula is C28H31N13O5S2. The van der Waals surface area contributed by atoms with Crippen LogP contribution in [0.15, 0.2) is 34.6 Å². The predicted octanol–water partition coefficient (Wildman–Crippen LogP) is 0.342. The maximum Gasteiger partial charge on any atom is 0.332 e. The van der Waals surface area contributed by atoms with Crippen LogP contribution in [0.2, 0.25) is 0 Å². The molecule has 48 heavy (non-hydrogen) atoms. The van der Waals surface area contributed by atoms with Gasteiger partial charge >= 0.3 is 5.69 Å². The zero-order chi connectivity index (χ0) is 34.3. The van der Waals surface area contributed by atoms with Gasteiger partial charge in [-0.15, -0.1) is 31.7 Å². The van der Waals surface area contributed by atoms with E-state index in [1.54, 1.807) is 23.6 Å². The van der Waals surface area contributed by atoms with Crippen molar-refractivity contribution in [2.24, 2.45) is 14.1 Å². The highest BCUT2D eigenvalue weighted by Gasteiger charge is 2.33. The molecule has 6 heterocycles. The summed E-state index contributed by atoms with van der Waals surface area (Å²) in [5.74, 6) is 0.173. The molecule has 0 saturated heterocycles. The molecule has 0 aliphatic carbocycles. The average molecular weight is 694 g/mol. The summed E-state index contributed by atoms with van der Waals surface area (Å²) in [6, 6.07) is 0. The molecule has 5 aromatic heterocycles. The third-order valence-electron chi connectivity index (χ3n) is 7.90. The summed E-state index contributed by atoms with van der Waals surface area (Å²) >= 11 is 2.65. The van der Waals surface area contributed by atoms with Gasteiger partial charge in [-0.1, -0.05) is 17.9 Å². The number of aromatic nitrogens is 10. The van der Waals surface area contributed by atoms with E-state index in [9.17, 15) is 24.0 Å². The Morgan fingerprint density at radius 2 is 1.48 bits per heavy atom. The van der Waals surface area contributed by atoms with Crippen LogP contribution in [-0.4, -0.2) is 85.2 Å². The second-order valence-corrected chi connectivity index (χ2v) is 13.4. The fourth-order valence-corrected chi connectivity index (χ4v) is 6.95. The first-order valence-electron chi connectivity index (χ1n) is 14.7. The summed E-state index contributed by atoms with van der Waals surface area (Å²) in [7, 11) is 6.28. The molecule has 0 spiro atoms. The molecule has 250 valence electrons. The Kier molecular flexibility index (Phi) is 8.84. The summed E-state index contributed by atoms with van der Waals surface area (Å²) < 4.78 is 5.18. The Morgan fingerprint density at radius 1 is 0.812 bits per heavy atom. The summed E-state index contributed by atoms with van der Waals surface area (Å²) in [5.41, 5.74) is -0.343. The van der Waals surface area contributed by atoms with Crippen LogP contribution in [0.25, 0.3) is 11.2 Å². The van der Waals surface area contributed by atoms with Gasteiger partial charge in [0.2, 0.25) is 11.0 Å². The van der Waals surface area contributed by atoms with Crippen molar-refractivity contribution in [1.29, 1.82) is 0 Å². The largest absolute Gasteiger partial charge is 0.332 e. The fraction of sp³-hybridized carbons (Fsp3) is 0.393. The van der Waals surface area contributed by atoms with Crippen molar-refractivity contribution in [3.05, 3.63) is 66.6 Å². The number of anilines is 2. The summed E-state index contributed by atoms with van der Waals surface area (Å²) in [5, 5.41) is 21.8. The number of aryl methyl sites for hydroxylation is 3. The van der Waals surface area contributed by atoms with Crippen molar-refractivity contribution in [1.82, 2.24) is 53.5 Å². The topological polar surface area (TPSA) is 201 Å². The molecule has 0 atom stereocenters. The van der Waals surface area contributed by atoms with E-state index in [1.807, 2.05) is 0 Å². The minimum atomic E-state index is -0.536. The first-order chi connectivity index (χ1) is 22.9. The molecule has 6 rings (SSSR count). The molecule has 1 aliphatic rings. The maximum atomic E-state index is 12.8. The van der Waals surface area contributed by atoms with E-state index < -0.39 is 17.2 Å². The number of imidazole rings is 2. The van der Waals surface area contributed by atoms with Gasteiger partial charge in [-0.25, -0.2) is 14.8 Å². The van der Waals surface area contributed by atoms with Gasteiger partial charge in [0.25, 0.3) is 11.5 Å². The average Bonchev–Trinajstić information content (AvgIpc) is 3.87. The molecule has 0 bridgehead atoms. The number of carbonyl (C=O) groups is 3. The number of carbonyl (C=O) groups excluding carboxylic acids is 3. The van der Waals surface area contributed by atoms with Crippen LogP contribution in [0.1, 0.15) is 38.4 Å². The number of hydrogen-bond acceptors (Lipinski definition) is 14. The zero-order valence-corrected chi connectivity index (χ0v) is 28.2. The van der Waals surface area contributed by atoms with Gasteiger partial charge in [0.1, 0.15) is 27.4 Å². The quantitative estimate of drug-likeness (QED) is 0.176. The highest BCUT2D eigenvalue weighted by molar-refractivity contribution is 7.15. The molecule has 5 aromatic rings. The van der Waals surface area contributed by atoms with Gasteiger partial charge in [0.15, 0.2) is 28.5 Å². The number of amides is 2. The molecule has 0 fully saturated rings. The minimum absolute atomic E-state index is 0.00992. The predicted molar refractivity (Wildman–Crippen MR) is 176 cm³/mol. The molecule has 2 amide bonds. The van der Waals surface area contributed by atoms with Gasteiger partial charge in [-0.05, 0) is 12.8 Å². The Balaban J connectivity index is 0.955. The Hall–Kier alpha value is -5.37. The van der Waals surface area contributed by atoms with Gasteiger partial charge in [0, 0.05) is 41.0 Å². The van der Waals surface area contributed by atoms with E-state index in [0.717, 1.165) is 27.4 Å². The normalized spacial score (nSPS) is 13.1. The summed E-state index contributed by atoms with van der Waals surface area (Å²) in [6.45, 7) is 3.70. The number of Topliss-reactive ketones (excluding diaryl/α,β-unsaturated/α-hetero) is 1. The third-order valence-corrected chi connectivity index (χ3v) is 9.78. The first-order valence-corrected chi connectivity index (χ1v) is 16.4. The van der Waals surface area contributed by atoms with E-state index in [0.29, 0.717) is 40.3 Å².